The van der Waals surface area contributed by atoms with Crippen LogP contribution in [-0.2, 0) is 19.1 Å². The van der Waals surface area contributed by atoms with Crippen LogP contribution in [0.25, 0.3) is 0 Å². The number of amides is 1. The van der Waals surface area contributed by atoms with Gasteiger partial charge in [-0.3, -0.25) is 19.8 Å². The standard InChI is InChI=1S/C17H26N2O5S/c1-10(18-11(2)16(23)24-17(4,5)6)14(20)19(12(3)15(21)22)13-8-7-9-25-13/h7-12,18H,1-6H3,(H,21,22)/t10-,11?,12-/m0/s1. The van der Waals surface area contributed by atoms with Crippen molar-refractivity contribution in [2.45, 2.75) is 65.3 Å². The van der Waals surface area contributed by atoms with Crippen LogP contribution in [-0.4, -0.2) is 46.7 Å². The zero-order chi connectivity index (χ0) is 19.4. The highest BCUT2D eigenvalue weighted by Gasteiger charge is 2.32. The lowest BCUT2D eigenvalue weighted by Gasteiger charge is -2.30. The summed E-state index contributed by atoms with van der Waals surface area (Å²) in [5.74, 6) is -2.00. The smallest absolute Gasteiger partial charge is 0.326 e. The van der Waals surface area contributed by atoms with Gasteiger partial charge in [-0.05, 0) is 59.1 Å². The quantitative estimate of drug-likeness (QED) is 0.715. The molecule has 1 rings (SSSR count). The second-order valence-electron chi connectivity index (χ2n) is 6.82. The maximum Gasteiger partial charge on any atom is 0.326 e. The number of nitrogens with zero attached hydrogens (tertiary/aromatic N) is 1. The van der Waals surface area contributed by atoms with Crippen molar-refractivity contribution in [1.29, 1.82) is 0 Å². The summed E-state index contributed by atoms with van der Waals surface area (Å²) in [5.41, 5.74) is -0.624. The first-order valence-corrected chi connectivity index (χ1v) is 8.90. The van der Waals surface area contributed by atoms with Crippen molar-refractivity contribution in [3.63, 3.8) is 0 Å². The van der Waals surface area contributed by atoms with Crippen LogP contribution in [0, 0.1) is 0 Å². The molecule has 8 heteroatoms. The summed E-state index contributed by atoms with van der Waals surface area (Å²) in [4.78, 5) is 37.4. The van der Waals surface area contributed by atoms with E-state index in [1.165, 1.54) is 23.2 Å². The van der Waals surface area contributed by atoms with E-state index in [2.05, 4.69) is 5.32 Å². The minimum atomic E-state index is -1.10. The Morgan fingerprint density at radius 1 is 1.20 bits per heavy atom. The first kappa shape index (κ1) is 21.1. The molecule has 2 N–H and O–H groups in total. The van der Waals surface area contributed by atoms with Crippen molar-refractivity contribution >= 4 is 34.2 Å². The molecular formula is C17H26N2O5S. The summed E-state index contributed by atoms with van der Waals surface area (Å²) >= 11 is 1.28. The Labute approximate surface area is 152 Å². The van der Waals surface area contributed by atoms with Crippen LogP contribution < -0.4 is 10.2 Å². The summed E-state index contributed by atoms with van der Waals surface area (Å²) in [6.45, 7) is 9.94. The van der Waals surface area contributed by atoms with Crippen molar-refractivity contribution in [2.75, 3.05) is 4.90 Å². The number of thiophene rings is 1. The number of hydrogen-bond acceptors (Lipinski definition) is 6. The number of ether oxygens (including phenoxy) is 1. The maximum atomic E-state index is 12.8. The molecule has 1 unspecified atom stereocenters. The van der Waals surface area contributed by atoms with E-state index in [9.17, 15) is 19.5 Å². The average molecular weight is 370 g/mol. The Morgan fingerprint density at radius 3 is 2.24 bits per heavy atom. The molecule has 0 bridgehead atoms. The van der Waals surface area contributed by atoms with Gasteiger partial charge in [-0.25, -0.2) is 4.79 Å². The van der Waals surface area contributed by atoms with Gasteiger partial charge in [-0.2, -0.15) is 0 Å². The minimum Gasteiger partial charge on any atom is -0.480 e. The van der Waals surface area contributed by atoms with Gasteiger partial charge in [0, 0.05) is 0 Å². The number of carboxylic acids is 1. The Hall–Kier alpha value is -1.93. The van der Waals surface area contributed by atoms with E-state index in [0.717, 1.165) is 0 Å². The number of hydrogen-bond donors (Lipinski definition) is 2. The van der Waals surface area contributed by atoms with Crippen molar-refractivity contribution < 1.29 is 24.2 Å². The molecule has 1 aromatic heterocycles. The second kappa shape index (κ2) is 8.44. The van der Waals surface area contributed by atoms with Gasteiger partial charge in [0.05, 0.1) is 11.0 Å². The molecule has 140 valence electrons. The third kappa shape index (κ3) is 6.13. The zero-order valence-electron chi connectivity index (χ0n) is 15.4. The molecule has 0 spiro atoms. The van der Waals surface area contributed by atoms with E-state index in [0.29, 0.717) is 5.00 Å². The summed E-state index contributed by atoms with van der Waals surface area (Å²) in [7, 11) is 0. The number of aliphatic carboxylic acids is 1. The van der Waals surface area contributed by atoms with Gasteiger partial charge in [-0.1, -0.05) is 0 Å². The predicted molar refractivity (Wildman–Crippen MR) is 96.8 cm³/mol. The van der Waals surface area contributed by atoms with Gasteiger partial charge >= 0.3 is 11.9 Å². The highest BCUT2D eigenvalue weighted by molar-refractivity contribution is 7.14. The first-order valence-electron chi connectivity index (χ1n) is 8.02. The number of carboxylic acid groups (broad SMARTS) is 1. The molecule has 25 heavy (non-hydrogen) atoms. The number of carbonyl (C=O) groups is 3. The lowest BCUT2D eigenvalue weighted by Crippen LogP contribution is -2.54. The van der Waals surface area contributed by atoms with E-state index in [1.54, 1.807) is 52.1 Å². The topological polar surface area (TPSA) is 95.9 Å². The molecule has 0 aliphatic rings. The van der Waals surface area contributed by atoms with Crippen molar-refractivity contribution in [3.05, 3.63) is 17.5 Å². The van der Waals surface area contributed by atoms with Crippen LogP contribution in [0.1, 0.15) is 41.5 Å². The number of anilines is 1. The van der Waals surface area contributed by atoms with Crippen LogP contribution in [0.15, 0.2) is 17.5 Å². The first-order chi connectivity index (χ1) is 11.4. The van der Waals surface area contributed by atoms with E-state index >= 15 is 0 Å². The molecule has 0 aliphatic carbocycles. The largest absolute Gasteiger partial charge is 0.480 e. The SMILES string of the molecule is CC(N[C@@H](C)C(=O)N(c1cccs1)[C@@H](C)C(=O)O)C(=O)OC(C)(C)C. The number of nitrogens with one attached hydrogen (secondary N) is 1. The van der Waals surface area contributed by atoms with Crippen LogP contribution in [0.3, 0.4) is 0 Å². The van der Waals surface area contributed by atoms with Crippen LogP contribution in [0.4, 0.5) is 5.00 Å². The molecule has 0 saturated heterocycles. The summed E-state index contributed by atoms with van der Waals surface area (Å²) in [6.07, 6.45) is 0. The number of esters is 1. The van der Waals surface area contributed by atoms with E-state index in [-0.39, 0.29) is 0 Å². The van der Waals surface area contributed by atoms with Crippen LogP contribution >= 0.6 is 11.3 Å². The summed E-state index contributed by atoms with van der Waals surface area (Å²) in [5, 5.41) is 14.5. The van der Waals surface area contributed by atoms with Crippen molar-refractivity contribution in [1.82, 2.24) is 5.32 Å². The Balaban J connectivity index is 2.87. The van der Waals surface area contributed by atoms with Crippen molar-refractivity contribution in [3.8, 4) is 0 Å². The number of rotatable bonds is 7. The van der Waals surface area contributed by atoms with Crippen LogP contribution in [0.5, 0.6) is 0 Å². The fraction of sp³-hybridized carbons (Fsp3) is 0.588. The van der Waals surface area contributed by atoms with Gasteiger partial charge < -0.3 is 9.84 Å². The minimum absolute atomic E-state index is 0.423. The van der Waals surface area contributed by atoms with E-state index < -0.39 is 41.6 Å². The lowest BCUT2D eigenvalue weighted by atomic mass is 10.1. The van der Waals surface area contributed by atoms with E-state index in [1.807, 2.05) is 0 Å². The highest BCUT2D eigenvalue weighted by Crippen LogP contribution is 2.24. The molecule has 3 atom stereocenters. The third-order valence-electron chi connectivity index (χ3n) is 3.36. The zero-order valence-corrected chi connectivity index (χ0v) is 16.2. The Morgan fingerprint density at radius 2 is 1.80 bits per heavy atom. The molecule has 7 nitrogen and oxygen atoms in total. The summed E-state index contributed by atoms with van der Waals surface area (Å²) in [6, 6.07) is 0.949. The molecule has 0 aromatic carbocycles. The molecule has 0 radical (unpaired) electrons. The molecule has 0 fully saturated rings. The lowest BCUT2D eigenvalue weighted by molar-refractivity contribution is -0.157. The normalized spacial score (nSPS) is 15.1. The maximum absolute atomic E-state index is 12.8. The van der Waals surface area contributed by atoms with Gasteiger partial charge in [0.25, 0.3) is 0 Å². The molecule has 0 saturated carbocycles. The molecule has 0 aliphatic heterocycles. The summed E-state index contributed by atoms with van der Waals surface area (Å²) < 4.78 is 5.28. The monoisotopic (exact) mass is 370 g/mol. The molecular weight excluding hydrogens is 344 g/mol. The van der Waals surface area contributed by atoms with E-state index in [4.69, 9.17) is 4.74 Å². The molecule has 1 amide bonds. The van der Waals surface area contributed by atoms with Crippen LogP contribution in [0.2, 0.25) is 0 Å². The Bertz CT molecular complexity index is 609. The highest BCUT2D eigenvalue weighted by atomic mass is 32.1. The van der Waals surface area contributed by atoms with Gasteiger partial charge in [0.15, 0.2) is 0 Å². The fourth-order valence-corrected chi connectivity index (χ4v) is 2.94. The fourth-order valence-electron chi connectivity index (χ4n) is 2.12. The number of carbonyl (C=O) groups excluding carboxylic acids is 2. The average Bonchev–Trinajstić information content (AvgIpc) is 2.99. The van der Waals surface area contributed by atoms with Gasteiger partial charge in [-0.15, -0.1) is 11.3 Å². The van der Waals surface area contributed by atoms with Gasteiger partial charge in [0.1, 0.15) is 17.7 Å². The third-order valence-corrected chi connectivity index (χ3v) is 4.22. The van der Waals surface area contributed by atoms with Crippen molar-refractivity contribution in [2.24, 2.45) is 0 Å². The second-order valence-corrected chi connectivity index (χ2v) is 7.74. The Kier molecular flexibility index (Phi) is 7.13. The predicted octanol–water partition coefficient (Wildman–Crippen LogP) is 2.26. The van der Waals surface area contributed by atoms with Gasteiger partial charge in [0.2, 0.25) is 5.91 Å². The molecule has 1 heterocycles. The molecule has 1 aromatic rings.